The second kappa shape index (κ2) is 10.2. The van der Waals surface area contributed by atoms with E-state index in [4.69, 9.17) is 0 Å². The number of Topliss-reactive ketones (excluding diaryl/α,β-unsaturated/α-hetero) is 1. The Morgan fingerprint density at radius 1 is 1.10 bits per heavy atom. The Morgan fingerprint density at radius 3 is 2.50 bits per heavy atom. The molecule has 40 heavy (non-hydrogen) atoms. The van der Waals surface area contributed by atoms with Gasteiger partial charge in [0.25, 0.3) is 0 Å². The molecule has 5 aliphatic rings. The monoisotopic (exact) mass is 549 g/mol. The van der Waals surface area contributed by atoms with Crippen molar-refractivity contribution < 1.29 is 22.8 Å². The Balaban J connectivity index is 1.45. The first-order valence-corrected chi connectivity index (χ1v) is 14.9. The highest BCUT2D eigenvalue weighted by Crippen LogP contribution is 2.66. The molecule has 6 heteroatoms. The number of nitrogens with zero attached hydrogens (tertiary/aromatic N) is 1. The summed E-state index contributed by atoms with van der Waals surface area (Å²) in [6.07, 6.45) is 4.21. The van der Waals surface area contributed by atoms with Crippen molar-refractivity contribution in [1.82, 2.24) is 0 Å². The lowest BCUT2D eigenvalue weighted by Gasteiger charge is -2.53. The number of carbonyl (C=O) groups is 2. The van der Waals surface area contributed by atoms with Gasteiger partial charge in [0.1, 0.15) is 5.78 Å². The molecular formula is C34H38F3NO2. The highest BCUT2D eigenvalue weighted by atomic mass is 19.4. The lowest BCUT2D eigenvalue weighted by molar-refractivity contribution is -0.125. The van der Waals surface area contributed by atoms with Crippen molar-refractivity contribution in [2.24, 2.45) is 29.1 Å². The molecule has 1 saturated heterocycles. The van der Waals surface area contributed by atoms with Gasteiger partial charge in [-0.3, -0.25) is 9.59 Å². The Kier molecular flexibility index (Phi) is 7.00. The van der Waals surface area contributed by atoms with Crippen molar-refractivity contribution in [3.05, 3.63) is 52.6 Å². The smallest absolute Gasteiger partial charge is 0.372 e. The highest BCUT2D eigenvalue weighted by molar-refractivity contribution is 5.93. The molecule has 3 fully saturated rings. The van der Waals surface area contributed by atoms with Crippen LogP contribution in [0, 0.1) is 40.9 Å². The molecular weight excluding hydrogens is 511 g/mol. The third-order valence-electron chi connectivity index (χ3n) is 10.8. The molecule has 4 aliphatic carbocycles. The van der Waals surface area contributed by atoms with Gasteiger partial charge in [0.05, 0.1) is 0 Å². The number of benzene rings is 1. The largest absolute Gasteiger partial charge is 0.457 e. The predicted octanol–water partition coefficient (Wildman–Crippen LogP) is 7.57. The molecule has 0 spiro atoms. The molecule has 0 radical (unpaired) electrons. The fraction of sp³-hybridized carbons (Fsp3) is 0.588. The number of hydrogen-bond acceptors (Lipinski definition) is 3. The van der Waals surface area contributed by atoms with Crippen molar-refractivity contribution in [3.8, 4) is 11.8 Å². The third kappa shape index (κ3) is 4.84. The van der Waals surface area contributed by atoms with E-state index < -0.39 is 6.18 Å². The molecule has 2 saturated carbocycles. The molecule has 6 rings (SSSR count). The zero-order valence-corrected chi connectivity index (χ0v) is 23.4. The van der Waals surface area contributed by atoms with E-state index >= 15 is 0 Å². The van der Waals surface area contributed by atoms with Crippen LogP contribution in [0.4, 0.5) is 18.9 Å². The van der Waals surface area contributed by atoms with E-state index in [1.807, 2.05) is 0 Å². The number of halogens is 3. The Morgan fingerprint density at radius 2 is 1.82 bits per heavy atom. The minimum atomic E-state index is -4.52. The van der Waals surface area contributed by atoms with Crippen LogP contribution in [0.5, 0.6) is 0 Å². The predicted molar refractivity (Wildman–Crippen MR) is 150 cm³/mol. The number of anilines is 1. The fourth-order valence-electron chi connectivity index (χ4n) is 9.13. The summed E-state index contributed by atoms with van der Waals surface area (Å²) in [6.45, 7) is 6.18. The maximum absolute atomic E-state index is 12.9. The van der Waals surface area contributed by atoms with Crippen molar-refractivity contribution in [2.45, 2.75) is 83.7 Å². The molecule has 1 heterocycles. The van der Waals surface area contributed by atoms with Gasteiger partial charge in [-0.1, -0.05) is 30.6 Å². The van der Waals surface area contributed by atoms with Crippen molar-refractivity contribution in [3.63, 3.8) is 0 Å². The van der Waals surface area contributed by atoms with Crippen LogP contribution in [0.1, 0.15) is 83.1 Å². The summed E-state index contributed by atoms with van der Waals surface area (Å²) in [7, 11) is 0. The van der Waals surface area contributed by atoms with Gasteiger partial charge in [-0.05, 0) is 110 Å². The molecule has 0 amide bonds. The number of carbonyl (C=O) groups excluding carboxylic acids is 2. The number of fused-ring (bicyclic) bond motifs is 4. The first-order valence-electron chi connectivity index (χ1n) is 14.9. The van der Waals surface area contributed by atoms with Gasteiger partial charge in [0.2, 0.25) is 0 Å². The van der Waals surface area contributed by atoms with Gasteiger partial charge in [0.15, 0.2) is 5.78 Å². The van der Waals surface area contributed by atoms with E-state index in [0.717, 1.165) is 37.9 Å². The Labute approximate surface area is 235 Å². The van der Waals surface area contributed by atoms with Crippen LogP contribution in [0.15, 0.2) is 47.1 Å². The van der Waals surface area contributed by atoms with Crippen LogP contribution in [0.2, 0.25) is 0 Å². The van der Waals surface area contributed by atoms with E-state index in [0.29, 0.717) is 25.2 Å². The average molecular weight is 550 g/mol. The molecule has 212 valence electrons. The summed E-state index contributed by atoms with van der Waals surface area (Å²) in [4.78, 5) is 27.9. The van der Waals surface area contributed by atoms with Crippen molar-refractivity contribution in [2.75, 3.05) is 18.0 Å². The molecule has 0 bridgehead atoms. The molecule has 1 aromatic rings. The number of rotatable bonds is 4. The first-order chi connectivity index (χ1) is 19.0. The summed E-state index contributed by atoms with van der Waals surface area (Å²) in [5.74, 6) is 4.59. The highest BCUT2D eigenvalue weighted by Gasteiger charge is 2.58. The Bertz CT molecular complexity index is 1320. The maximum atomic E-state index is 12.9. The van der Waals surface area contributed by atoms with Gasteiger partial charge < -0.3 is 4.90 Å². The Hall–Kier alpha value is -2.81. The van der Waals surface area contributed by atoms with Crippen LogP contribution in [-0.2, 0) is 9.59 Å². The van der Waals surface area contributed by atoms with Crippen LogP contribution in [0.25, 0.3) is 0 Å². The molecule has 1 aliphatic heterocycles. The normalized spacial score (nSPS) is 33.5. The number of ketones is 2. The molecule has 1 aromatic carbocycles. The fourth-order valence-corrected chi connectivity index (χ4v) is 9.13. The summed E-state index contributed by atoms with van der Waals surface area (Å²) >= 11 is 0. The van der Waals surface area contributed by atoms with Crippen LogP contribution < -0.4 is 4.90 Å². The summed E-state index contributed by atoms with van der Waals surface area (Å²) in [5.41, 5.74) is 5.83. The maximum Gasteiger partial charge on any atom is 0.457 e. The van der Waals surface area contributed by atoms with Gasteiger partial charge >= 0.3 is 6.18 Å². The number of allylic oxidation sites excluding steroid dienone is 4. The standard InChI is InChI=1S/C34H38F3NO2/c1-21(39)30-13-14-31-28-18-23(6-5-15-34(35,36)37)27-19-25(40)11-12-26(27)32(28)29(20-33(30,31)2)22-7-9-24(10-8-22)38-16-3-4-17-38/h7-10,19,23,28-31H,3-4,6,11-14,16-18,20H2,1-2H3/t23?,28-,29+,30+,31-,33+/m0/s1. The molecule has 6 atom stereocenters. The van der Waals surface area contributed by atoms with Gasteiger partial charge in [-0.25, -0.2) is 0 Å². The van der Waals surface area contributed by atoms with Crippen LogP contribution in [0.3, 0.4) is 0 Å². The molecule has 1 unspecified atom stereocenters. The van der Waals surface area contributed by atoms with E-state index in [1.54, 1.807) is 13.0 Å². The summed E-state index contributed by atoms with van der Waals surface area (Å²) in [6, 6.07) is 8.96. The summed E-state index contributed by atoms with van der Waals surface area (Å²) in [5, 5.41) is 0. The minimum absolute atomic E-state index is 0.00349. The zero-order chi connectivity index (χ0) is 28.2. The SMILES string of the molecule is CC(=O)[C@H]1CC[C@H]2[C@@H]3CC(CC#CC(F)(F)F)C4=CC(=O)CCC4=C3[C@@H](c3ccc(N4CCCC4)cc3)C[C@]12C. The second-order valence-electron chi connectivity index (χ2n) is 12.9. The van der Waals surface area contributed by atoms with Gasteiger partial charge in [-0.15, -0.1) is 0 Å². The zero-order valence-electron chi connectivity index (χ0n) is 23.4. The molecule has 0 N–H and O–H groups in total. The second-order valence-corrected chi connectivity index (χ2v) is 12.9. The minimum Gasteiger partial charge on any atom is -0.372 e. The lowest BCUT2D eigenvalue weighted by atomic mass is 9.50. The van der Waals surface area contributed by atoms with E-state index in [1.165, 1.54) is 41.2 Å². The topological polar surface area (TPSA) is 37.4 Å². The number of hydrogen-bond donors (Lipinski definition) is 0. The third-order valence-corrected chi connectivity index (χ3v) is 10.8. The van der Waals surface area contributed by atoms with Crippen molar-refractivity contribution >= 4 is 17.3 Å². The lowest BCUT2D eigenvalue weighted by Crippen LogP contribution is -2.45. The average Bonchev–Trinajstić information content (AvgIpc) is 3.56. The first kappa shape index (κ1) is 27.4. The van der Waals surface area contributed by atoms with E-state index in [-0.39, 0.29) is 47.1 Å². The van der Waals surface area contributed by atoms with Crippen LogP contribution in [-0.4, -0.2) is 30.8 Å². The van der Waals surface area contributed by atoms with Crippen molar-refractivity contribution in [1.29, 1.82) is 0 Å². The number of alkyl halides is 3. The van der Waals surface area contributed by atoms with E-state index in [9.17, 15) is 22.8 Å². The molecule has 0 aromatic heterocycles. The molecule has 3 nitrogen and oxygen atoms in total. The quantitative estimate of drug-likeness (QED) is 0.364. The summed E-state index contributed by atoms with van der Waals surface area (Å²) < 4.78 is 38.7. The van der Waals surface area contributed by atoms with E-state index in [2.05, 4.69) is 42.0 Å². The van der Waals surface area contributed by atoms with Gasteiger partial charge in [-0.2, -0.15) is 13.2 Å². The van der Waals surface area contributed by atoms with Crippen LogP contribution >= 0.6 is 0 Å². The van der Waals surface area contributed by atoms with Gasteiger partial charge in [0, 0.05) is 49.4 Å².